The standard InChI is InChI=1S/C88H56N2S/c1-5-22-55(23-6-1)59-41-46-79-75(50-59)76-51-60(56-24-7-2-8-25-56)42-47-80(76)89(79)86-69-34-17-13-30-65(69)84(66-31-14-18-35-70(66)86)63-40-45-64-73-38-21-39-74(88(73)91-83(64)54-63)85-67-32-15-19-36-71(67)87(72-37-20-16-33-68(72)85)90-81-48-43-61(57-26-9-3-10-27-57)52-77(81)78-53-62(44-49-82(78)90)58-28-11-4-12-29-58/h1-7,9-24,26-54H,8,25H2. The molecule has 0 saturated heterocycles. The Morgan fingerprint density at radius 2 is 0.648 bits per heavy atom. The van der Waals surface area contributed by atoms with Gasteiger partial charge in [0.25, 0.3) is 0 Å². The van der Waals surface area contributed by atoms with E-state index in [2.05, 4.69) is 325 Å². The molecule has 15 aromatic carbocycles. The molecule has 0 amide bonds. The molecule has 91 heavy (non-hydrogen) atoms. The Morgan fingerprint density at radius 1 is 0.264 bits per heavy atom. The fourth-order valence-corrected chi connectivity index (χ4v) is 16.7. The maximum Gasteiger partial charge on any atom is 0.0619 e. The fourth-order valence-electron chi connectivity index (χ4n) is 15.4. The van der Waals surface area contributed by atoms with Crippen molar-refractivity contribution < 1.29 is 0 Å². The van der Waals surface area contributed by atoms with Crippen molar-refractivity contribution in [1.29, 1.82) is 0 Å². The van der Waals surface area contributed by atoms with Crippen LogP contribution in [-0.2, 0) is 0 Å². The molecule has 0 unspecified atom stereocenters. The van der Waals surface area contributed by atoms with Crippen LogP contribution in [0.2, 0.25) is 0 Å². The van der Waals surface area contributed by atoms with E-state index in [1.807, 2.05) is 11.3 Å². The number of fused-ring (bicyclic) bond motifs is 13. The Bertz CT molecular complexity index is 5900. The van der Waals surface area contributed by atoms with E-state index in [0.29, 0.717) is 0 Å². The smallest absolute Gasteiger partial charge is 0.0619 e. The SMILES string of the molecule is C1=CCCC(c2ccc3c(c2)c2cc(-c4ccccc4)ccc2n3-c2c3ccccc3c(-c3ccc4c(c3)sc3c(-c5c6ccccc6c(-n6c7ccc(-c8ccccc8)cc7c7cc(-c8ccccc8)ccc76)c6ccccc56)cccc34)c3ccccc23)=C1. The number of hydrogen-bond donors (Lipinski definition) is 0. The van der Waals surface area contributed by atoms with Gasteiger partial charge in [0.1, 0.15) is 0 Å². The lowest BCUT2D eigenvalue weighted by molar-refractivity contribution is 1.05. The third-order valence-corrected chi connectivity index (χ3v) is 20.7. The van der Waals surface area contributed by atoms with E-state index in [4.69, 9.17) is 0 Å². The van der Waals surface area contributed by atoms with Gasteiger partial charge in [-0.15, -0.1) is 11.3 Å². The van der Waals surface area contributed by atoms with Gasteiger partial charge in [-0.1, -0.05) is 261 Å². The zero-order chi connectivity index (χ0) is 59.7. The maximum atomic E-state index is 2.57. The number of thiophene rings is 1. The Kier molecular flexibility index (Phi) is 11.7. The largest absolute Gasteiger partial charge is 0.308 e. The molecule has 0 aliphatic heterocycles. The summed E-state index contributed by atoms with van der Waals surface area (Å²) in [4.78, 5) is 0. The molecule has 0 spiro atoms. The van der Waals surface area contributed by atoms with Crippen molar-refractivity contribution >= 4 is 124 Å². The first kappa shape index (κ1) is 51.7. The summed E-state index contributed by atoms with van der Waals surface area (Å²) < 4.78 is 7.68. The van der Waals surface area contributed by atoms with Crippen LogP contribution in [0.5, 0.6) is 0 Å². The molecule has 0 radical (unpaired) electrons. The van der Waals surface area contributed by atoms with Crippen LogP contribution in [0.4, 0.5) is 0 Å². The monoisotopic (exact) mass is 1170 g/mol. The van der Waals surface area contributed by atoms with Crippen LogP contribution in [0.25, 0.3) is 179 Å². The van der Waals surface area contributed by atoms with E-state index in [-0.39, 0.29) is 0 Å². The zero-order valence-corrected chi connectivity index (χ0v) is 50.6. The van der Waals surface area contributed by atoms with Gasteiger partial charge in [-0.25, -0.2) is 0 Å². The molecular weight excluding hydrogens is 1120 g/mol. The van der Waals surface area contributed by atoms with E-state index in [0.717, 1.165) is 12.8 Å². The van der Waals surface area contributed by atoms with E-state index in [1.165, 1.54) is 185 Å². The van der Waals surface area contributed by atoms with Gasteiger partial charge < -0.3 is 9.13 Å². The minimum absolute atomic E-state index is 1.04. The first-order chi connectivity index (χ1) is 45.2. The number of hydrogen-bond acceptors (Lipinski definition) is 1. The molecule has 1 aliphatic carbocycles. The van der Waals surface area contributed by atoms with Crippen molar-refractivity contribution in [2.75, 3.05) is 0 Å². The Balaban J connectivity index is 0.798. The summed E-state index contributed by atoms with van der Waals surface area (Å²) in [5.74, 6) is 0. The Labute approximate surface area is 530 Å². The first-order valence-electron chi connectivity index (χ1n) is 31.7. The van der Waals surface area contributed by atoms with Crippen molar-refractivity contribution in [3.05, 3.63) is 321 Å². The number of nitrogens with zero attached hydrogens (tertiary/aromatic N) is 2. The minimum Gasteiger partial charge on any atom is -0.308 e. The summed E-state index contributed by atoms with van der Waals surface area (Å²) in [6.07, 6.45) is 8.90. The predicted molar refractivity (Wildman–Crippen MR) is 392 cm³/mol. The van der Waals surface area contributed by atoms with Crippen LogP contribution >= 0.6 is 11.3 Å². The molecule has 0 atom stereocenters. The summed E-state index contributed by atoms with van der Waals surface area (Å²) in [6, 6.07) is 112. The quantitative estimate of drug-likeness (QED) is 0.134. The minimum atomic E-state index is 1.04. The van der Waals surface area contributed by atoms with Gasteiger partial charge in [0, 0.05) is 68.8 Å². The van der Waals surface area contributed by atoms with E-state index in [9.17, 15) is 0 Å². The highest BCUT2D eigenvalue weighted by atomic mass is 32.1. The normalized spacial score (nSPS) is 12.8. The third kappa shape index (κ3) is 8.04. The van der Waals surface area contributed by atoms with Gasteiger partial charge in [0.15, 0.2) is 0 Å². The third-order valence-electron chi connectivity index (χ3n) is 19.5. The molecule has 2 nitrogen and oxygen atoms in total. The van der Waals surface area contributed by atoms with Gasteiger partial charge in [-0.3, -0.25) is 0 Å². The summed E-state index contributed by atoms with van der Waals surface area (Å²) >= 11 is 1.92. The van der Waals surface area contributed by atoms with E-state index in [1.54, 1.807) is 0 Å². The fraction of sp³-hybridized carbons (Fsp3) is 0.0227. The lowest BCUT2D eigenvalue weighted by Gasteiger charge is -2.20. The molecule has 18 aromatic rings. The lowest BCUT2D eigenvalue weighted by atomic mass is 9.89. The van der Waals surface area contributed by atoms with Gasteiger partial charge in [-0.2, -0.15) is 0 Å². The van der Waals surface area contributed by atoms with Crippen LogP contribution in [-0.4, -0.2) is 9.13 Å². The average Bonchev–Trinajstić information content (AvgIpc) is 1.68. The molecule has 3 heterocycles. The highest BCUT2D eigenvalue weighted by Gasteiger charge is 2.26. The molecule has 1 aliphatic rings. The van der Waals surface area contributed by atoms with Crippen LogP contribution in [0.3, 0.4) is 0 Å². The summed E-state index contributed by atoms with van der Waals surface area (Å²) in [5.41, 5.74) is 22.1. The van der Waals surface area contributed by atoms with Crippen molar-refractivity contribution in [2.45, 2.75) is 12.8 Å². The molecule has 0 fully saturated rings. The number of benzene rings is 15. The van der Waals surface area contributed by atoms with Crippen LogP contribution < -0.4 is 0 Å². The highest BCUT2D eigenvalue weighted by molar-refractivity contribution is 7.26. The molecule has 424 valence electrons. The number of rotatable bonds is 8. The topological polar surface area (TPSA) is 9.86 Å². The zero-order valence-electron chi connectivity index (χ0n) is 49.7. The number of allylic oxidation sites excluding steroid dienone is 4. The second-order valence-corrected chi connectivity index (χ2v) is 25.5. The van der Waals surface area contributed by atoms with Crippen molar-refractivity contribution in [3.63, 3.8) is 0 Å². The molecule has 3 aromatic heterocycles. The van der Waals surface area contributed by atoms with Crippen molar-refractivity contribution in [2.24, 2.45) is 0 Å². The summed E-state index contributed by atoms with van der Waals surface area (Å²) in [6.45, 7) is 0. The van der Waals surface area contributed by atoms with Gasteiger partial charge >= 0.3 is 0 Å². The van der Waals surface area contributed by atoms with Crippen LogP contribution in [0.1, 0.15) is 18.4 Å². The van der Waals surface area contributed by atoms with Gasteiger partial charge in [0.05, 0.1) is 33.4 Å². The summed E-state index contributed by atoms with van der Waals surface area (Å²) in [5, 5.41) is 17.4. The van der Waals surface area contributed by atoms with Gasteiger partial charge in [-0.05, 0) is 150 Å². The van der Waals surface area contributed by atoms with E-state index < -0.39 is 0 Å². The lowest BCUT2D eigenvalue weighted by Crippen LogP contribution is -1.99. The molecule has 19 rings (SSSR count). The molecule has 0 saturated carbocycles. The Morgan fingerprint density at radius 3 is 1.09 bits per heavy atom. The van der Waals surface area contributed by atoms with Crippen LogP contribution in [0.15, 0.2) is 315 Å². The van der Waals surface area contributed by atoms with E-state index >= 15 is 0 Å². The maximum absolute atomic E-state index is 2.57. The predicted octanol–water partition coefficient (Wildman–Crippen LogP) is 24.9. The van der Waals surface area contributed by atoms with Gasteiger partial charge in [0.2, 0.25) is 0 Å². The second-order valence-electron chi connectivity index (χ2n) is 24.5. The number of aromatic nitrogens is 2. The first-order valence-corrected chi connectivity index (χ1v) is 32.5. The molecule has 3 heteroatoms. The summed E-state index contributed by atoms with van der Waals surface area (Å²) in [7, 11) is 0. The average molecular weight is 1170 g/mol. The van der Waals surface area contributed by atoms with Crippen molar-refractivity contribution in [3.8, 4) is 67.0 Å². The van der Waals surface area contributed by atoms with Crippen molar-refractivity contribution in [1.82, 2.24) is 9.13 Å². The second kappa shape index (κ2) is 20.6. The Hall–Kier alpha value is -11.4. The molecule has 0 N–H and O–H groups in total. The molecular formula is C88H56N2S. The van der Waals surface area contributed by atoms with Crippen LogP contribution in [0, 0.1) is 0 Å². The highest BCUT2D eigenvalue weighted by Crippen LogP contribution is 2.51. The molecule has 0 bridgehead atoms.